The van der Waals surface area contributed by atoms with Crippen LogP contribution >= 0.6 is 11.8 Å². The van der Waals surface area contributed by atoms with E-state index in [1.165, 1.54) is 11.8 Å². The SMILES string of the molecule is Cc1cc(NC(=O)CSc2nnnn2-c2ccccc2C)n(-c2ccccc2)n1. The highest BCUT2D eigenvalue weighted by atomic mass is 32.2. The van der Waals surface area contributed by atoms with E-state index in [4.69, 9.17) is 0 Å². The Hall–Kier alpha value is -3.46. The maximum atomic E-state index is 12.6. The van der Waals surface area contributed by atoms with Gasteiger partial charge in [-0.15, -0.1) is 5.10 Å². The number of rotatable bonds is 6. The van der Waals surface area contributed by atoms with Crippen LogP contribution in [0.1, 0.15) is 11.3 Å². The van der Waals surface area contributed by atoms with Gasteiger partial charge in [-0.05, 0) is 48.0 Å². The molecule has 146 valence electrons. The van der Waals surface area contributed by atoms with Crippen molar-refractivity contribution in [3.8, 4) is 11.4 Å². The molecule has 0 fully saturated rings. The molecule has 4 rings (SSSR count). The number of nitrogens with zero attached hydrogens (tertiary/aromatic N) is 6. The lowest BCUT2D eigenvalue weighted by molar-refractivity contribution is -0.113. The lowest BCUT2D eigenvalue weighted by Crippen LogP contribution is -2.17. The standard InChI is InChI=1S/C20H19N7OS/c1-14-8-6-7-11-17(14)27-20(22-24-25-27)29-13-19(28)21-18-12-15(2)23-26(18)16-9-4-3-5-10-16/h3-12H,13H2,1-2H3,(H,21,28). The average Bonchev–Trinajstić information content (AvgIpc) is 3.34. The van der Waals surface area contributed by atoms with E-state index in [1.54, 1.807) is 9.36 Å². The van der Waals surface area contributed by atoms with Crippen molar-refractivity contribution in [2.45, 2.75) is 19.0 Å². The summed E-state index contributed by atoms with van der Waals surface area (Å²) in [5.41, 5.74) is 3.64. The number of carbonyl (C=O) groups excluding carboxylic acids is 1. The second-order valence-electron chi connectivity index (χ2n) is 6.41. The first-order valence-corrected chi connectivity index (χ1v) is 9.99. The zero-order valence-electron chi connectivity index (χ0n) is 16.0. The molecule has 4 aromatic rings. The molecule has 0 spiro atoms. The first-order valence-electron chi connectivity index (χ1n) is 9.01. The van der Waals surface area contributed by atoms with Crippen LogP contribution in [0.4, 0.5) is 5.82 Å². The first kappa shape index (κ1) is 18.9. The summed E-state index contributed by atoms with van der Waals surface area (Å²) in [5, 5.41) is 19.8. The number of anilines is 1. The summed E-state index contributed by atoms with van der Waals surface area (Å²) in [7, 11) is 0. The van der Waals surface area contributed by atoms with Gasteiger partial charge in [-0.25, -0.2) is 4.68 Å². The normalized spacial score (nSPS) is 10.8. The molecule has 1 amide bonds. The summed E-state index contributed by atoms with van der Waals surface area (Å²) in [5.74, 6) is 0.634. The Morgan fingerprint density at radius 1 is 1.03 bits per heavy atom. The fourth-order valence-corrected chi connectivity index (χ4v) is 3.57. The van der Waals surface area contributed by atoms with E-state index in [0.29, 0.717) is 11.0 Å². The average molecular weight is 405 g/mol. The van der Waals surface area contributed by atoms with E-state index >= 15 is 0 Å². The number of para-hydroxylation sites is 2. The summed E-state index contributed by atoms with van der Waals surface area (Å²) < 4.78 is 3.36. The van der Waals surface area contributed by atoms with E-state index in [2.05, 4.69) is 25.9 Å². The Balaban J connectivity index is 1.47. The third-order valence-corrected chi connectivity index (χ3v) is 5.14. The molecular weight excluding hydrogens is 386 g/mol. The molecule has 2 aromatic carbocycles. The fraction of sp³-hybridized carbons (Fsp3) is 0.150. The van der Waals surface area contributed by atoms with Gasteiger partial charge in [0.25, 0.3) is 0 Å². The molecule has 0 aliphatic rings. The zero-order valence-corrected chi connectivity index (χ0v) is 16.8. The predicted molar refractivity (Wildman–Crippen MR) is 112 cm³/mol. The molecule has 8 nitrogen and oxygen atoms in total. The second-order valence-corrected chi connectivity index (χ2v) is 7.36. The molecule has 2 aromatic heterocycles. The number of thioether (sulfide) groups is 1. The van der Waals surface area contributed by atoms with Crippen molar-refractivity contribution in [3.05, 3.63) is 71.9 Å². The third-order valence-electron chi connectivity index (χ3n) is 4.22. The van der Waals surface area contributed by atoms with Gasteiger partial charge in [0.05, 0.1) is 22.8 Å². The molecule has 1 N–H and O–H groups in total. The van der Waals surface area contributed by atoms with Crippen molar-refractivity contribution in [3.63, 3.8) is 0 Å². The van der Waals surface area contributed by atoms with Gasteiger partial charge in [0.15, 0.2) is 0 Å². The van der Waals surface area contributed by atoms with Crippen molar-refractivity contribution in [2.75, 3.05) is 11.1 Å². The van der Waals surface area contributed by atoms with Crippen LogP contribution in [-0.4, -0.2) is 41.6 Å². The number of benzene rings is 2. The molecule has 0 saturated heterocycles. The van der Waals surface area contributed by atoms with Crippen LogP contribution in [0.5, 0.6) is 0 Å². The number of aryl methyl sites for hydroxylation is 2. The Morgan fingerprint density at radius 3 is 2.59 bits per heavy atom. The zero-order chi connectivity index (χ0) is 20.2. The molecule has 0 atom stereocenters. The number of tetrazole rings is 1. The van der Waals surface area contributed by atoms with Gasteiger partial charge in [0.1, 0.15) is 5.82 Å². The summed E-state index contributed by atoms with van der Waals surface area (Å²) >= 11 is 1.28. The number of nitrogens with one attached hydrogen (secondary N) is 1. The van der Waals surface area contributed by atoms with Gasteiger partial charge in [0, 0.05) is 6.07 Å². The Labute approximate surface area is 171 Å². The molecular formula is C20H19N7OS. The van der Waals surface area contributed by atoms with Gasteiger partial charge in [-0.3, -0.25) is 4.79 Å². The highest BCUT2D eigenvalue weighted by Gasteiger charge is 2.15. The minimum Gasteiger partial charge on any atom is -0.310 e. The molecule has 0 aliphatic heterocycles. The largest absolute Gasteiger partial charge is 0.310 e. The molecule has 0 unspecified atom stereocenters. The van der Waals surface area contributed by atoms with Crippen LogP contribution in [0.2, 0.25) is 0 Å². The molecule has 0 bridgehead atoms. The maximum absolute atomic E-state index is 12.6. The van der Waals surface area contributed by atoms with Gasteiger partial charge >= 0.3 is 0 Å². The van der Waals surface area contributed by atoms with E-state index in [9.17, 15) is 4.79 Å². The van der Waals surface area contributed by atoms with Crippen molar-refractivity contribution >= 4 is 23.5 Å². The Kier molecular flexibility index (Phi) is 5.39. The minimum atomic E-state index is -0.161. The van der Waals surface area contributed by atoms with Crippen LogP contribution in [0.15, 0.2) is 65.8 Å². The number of hydrogen-bond acceptors (Lipinski definition) is 6. The lowest BCUT2D eigenvalue weighted by Gasteiger charge is -2.09. The van der Waals surface area contributed by atoms with Gasteiger partial charge in [-0.1, -0.05) is 48.2 Å². The van der Waals surface area contributed by atoms with Crippen LogP contribution in [0.3, 0.4) is 0 Å². The number of amides is 1. The van der Waals surface area contributed by atoms with E-state index in [0.717, 1.165) is 22.6 Å². The summed E-state index contributed by atoms with van der Waals surface area (Å²) in [6.45, 7) is 3.88. The summed E-state index contributed by atoms with van der Waals surface area (Å²) in [4.78, 5) is 12.6. The third kappa shape index (κ3) is 4.19. The highest BCUT2D eigenvalue weighted by molar-refractivity contribution is 7.99. The van der Waals surface area contributed by atoms with Crippen LogP contribution in [0.25, 0.3) is 11.4 Å². The maximum Gasteiger partial charge on any atom is 0.236 e. The Bertz CT molecular complexity index is 1140. The number of aromatic nitrogens is 6. The second kappa shape index (κ2) is 8.27. The van der Waals surface area contributed by atoms with Crippen LogP contribution in [0, 0.1) is 13.8 Å². The molecule has 9 heteroatoms. The molecule has 0 saturated carbocycles. The smallest absolute Gasteiger partial charge is 0.236 e. The fourth-order valence-electron chi connectivity index (χ4n) is 2.88. The Morgan fingerprint density at radius 2 is 1.79 bits per heavy atom. The van der Waals surface area contributed by atoms with Crippen molar-refractivity contribution in [1.82, 2.24) is 30.0 Å². The minimum absolute atomic E-state index is 0.161. The van der Waals surface area contributed by atoms with Gasteiger partial charge in [0.2, 0.25) is 11.1 Å². The topological polar surface area (TPSA) is 90.5 Å². The van der Waals surface area contributed by atoms with Gasteiger partial charge in [-0.2, -0.15) is 9.78 Å². The van der Waals surface area contributed by atoms with E-state index in [1.807, 2.05) is 74.5 Å². The van der Waals surface area contributed by atoms with Gasteiger partial charge < -0.3 is 5.32 Å². The number of carbonyl (C=O) groups is 1. The lowest BCUT2D eigenvalue weighted by atomic mass is 10.2. The first-order chi connectivity index (χ1) is 14.1. The van der Waals surface area contributed by atoms with E-state index < -0.39 is 0 Å². The van der Waals surface area contributed by atoms with Crippen molar-refractivity contribution in [1.29, 1.82) is 0 Å². The monoisotopic (exact) mass is 405 g/mol. The molecule has 2 heterocycles. The van der Waals surface area contributed by atoms with Crippen molar-refractivity contribution in [2.24, 2.45) is 0 Å². The molecule has 29 heavy (non-hydrogen) atoms. The molecule has 0 radical (unpaired) electrons. The van der Waals surface area contributed by atoms with Crippen LogP contribution < -0.4 is 5.32 Å². The summed E-state index contributed by atoms with van der Waals surface area (Å²) in [6.07, 6.45) is 0. The van der Waals surface area contributed by atoms with E-state index in [-0.39, 0.29) is 11.7 Å². The predicted octanol–water partition coefficient (Wildman–Crippen LogP) is 3.20. The highest BCUT2D eigenvalue weighted by Crippen LogP contribution is 2.21. The van der Waals surface area contributed by atoms with Crippen LogP contribution in [-0.2, 0) is 4.79 Å². The quantitative estimate of drug-likeness (QED) is 0.496. The molecule has 0 aliphatic carbocycles. The number of hydrogen-bond donors (Lipinski definition) is 1. The van der Waals surface area contributed by atoms with Crippen molar-refractivity contribution < 1.29 is 4.79 Å². The summed E-state index contributed by atoms with van der Waals surface area (Å²) in [6, 6.07) is 19.3.